The molecule has 5 rings (SSSR count). The molecule has 0 aromatic heterocycles. The molecule has 0 unspecified atom stereocenters. The molecule has 0 spiro atoms. The molecule has 1 amide bonds. The summed E-state index contributed by atoms with van der Waals surface area (Å²) in [5.74, 6) is -1.36. The van der Waals surface area contributed by atoms with Gasteiger partial charge in [0.05, 0.1) is 31.6 Å². The Morgan fingerprint density at radius 3 is 1.85 bits per heavy atom. The van der Waals surface area contributed by atoms with E-state index < -0.39 is 29.7 Å². The lowest BCUT2D eigenvalue weighted by atomic mass is 9.82. The average molecular weight is 769 g/mol. The molecule has 4 aromatic carbocycles. The minimum atomic E-state index is -0.460. The average Bonchev–Trinajstić information content (AvgIpc) is 3.18. The Hall–Kier alpha value is -5.55. The van der Waals surface area contributed by atoms with E-state index in [1.165, 1.54) is 20.3 Å². The van der Waals surface area contributed by atoms with Crippen LogP contribution in [0.15, 0.2) is 102 Å². The Morgan fingerprint density at radius 1 is 0.712 bits per heavy atom. The monoisotopic (exact) mass is 767 g/mol. The molecular formula is C41H38BrNO9. The lowest BCUT2D eigenvalue weighted by Crippen LogP contribution is -2.31. The Balaban J connectivity index is 1.14. The number of anilines is 1. The van der Waals surface area contributed by atoms with Gasteiger partial charge in [0, 0.05) is 33.4 Å². The van der Waals surface area contributed by atoms with E-state index in [1.54, 1.807) is 102 Å². The van der Waals surface area contributed by atoms with Crippen molar-refractivity contribution < 1.29 is 42.9 Å². The summed E-state index contributed by atoms with van der Waals surface area (Å²) in [6.45, 7) is 2.25. The third-order valence-corrected chi connectivity index (χ3v) is 9.37. The summed E-state index contributed by atoms with van der Waals surface area (Å²) in [6, 6.07) is 24.9. The van der Waals surface area contributed by atoms with Crippen LogP contribution in [0.5, 0.6) is 17.2 Å². The molecule has 1 aliphatic rings. The minimum absolute atomic E-state index is 0.203. The highest BCUT2D eigenvalue weighted by molar-refractivity contribution is 9.10. The van der Waals surface area contributed by atoms with Crippen LogP contribution in [0, 0.1) is 11.8 Å². The highest BCUT2D eigenvalue weighted by Gasteiger charge is 2.32. The van der Waals surface area contributed by atoms with E-state index in [9.17, 15) is 24.0 Å². The van der Waals surface area contributed by atoms with Crippen molar-refractivity contribution in [3.63, 3.8) is 0 Å². The molecule has 1 aliphatic carbocycles. The second kappa shape index (κ2) is 17.6. The zero-order valence-corrected chi connectivity index (χ0v) is 30.6. The van der Waals surface area contributed by atoms with Crippen LogP contribution in [-0.2, 0) is 14.3 Å². The predicted molar refractivity (Wildman–Crippen MR) is 199 cm³/mol. The van der Waals surface area contributed by atoms with Crippen LogP contribution in [0.2, 0.25) is 0 Å². The fourth-order valence-electron chi connectivity index (χ4n) is 5.87. The normalized spacial score (nSPS) is 15.4. The van der Waals surface area contributed by atoms with Gasteiger partial charge in [0.2, 0.25) is 0 Å². The molecule has 1 fully saturated rings. The molecule has 0 radical (unpaired) electrons. The minimum Gasteiger partial charge on any atom is -0.497 e. The van der Waals surface area contributed by atoms with Crippen LogP contribution in [-0.4, -0.2) is 50.4 Å². The van der Waals surface area contributed by atoms with Crippen molar-refractivity contribution in [1.29, 1.82) is 0 Å². The fourth-order valence-corrected chi connectivity index (χ4v) is 6.13. The molecule has 0 N–H and O–H groups in total. The van der Waals surface area contributed by atoms with Crippen molar-refractivity contribution in [3.05, 3.63) is 124 Å². The number of esters is 3. The van der Waals surface area contributed by atoms with Gasteiger partial charge in [-0.25, -0.2) is 4.79 Å². The van der Waals surface area contributed by atoms with E-state index in [1.807, 2.05) is 6.92 Å². The van der Waals surface area contributed by atoms with Crippen molar-refractivity contribution in [3.8, 4) is 17.2 Å². The van der Waals surface area contributed by atoms with E-state index in [4.69, 9.17) is 18.9 Å². The molecule has 4 aromatic rings. The molecule has 11 heteroatoms. The molecule has 0 aliphatic heterocycles. The Labute approximate surface area is 310 Å². The highest BCUT2D eigenvalue weighted by atomic mass is 79.9. The number of ketones is 1. The van der Waals surface area contributed by atoms with Gasteiger partial charge < -0.3 is 23.8 Å². The van der Waals surface area contributed by atoms with E-state index >= 15 is 0 Å². The summed E-state index contributed by atoms with van der Waals surface area (Å²) in [5, 5.41) is 0. The number of ether oxygens (including phenoxy) is 4. The summed E-state index contributed by atoms with van der Waals surface area (Å²) in [7, 11) is 2.83. The fraction of sp³-hybridized carbons (Fsp3) is 0.244. The van der Waals surface area contributed by atoms with Crippen LogP contribution in [0.25, 0.3) is 6.08 Å². The lowest BCUT2D eigenvalue weighted by Gasteiger charge is -2.26. The second-order valence-corrected chi connectivity index (χ2v) is 13.0. The maximum Gasteiger partial charge on any atom is 0.337 e. The quantitative estimate of drug-likeness (QED) is 0.0608. The second-order valence-electron chi connectivity index (χ2n) is 12.1. The number of hydrogen-bond acceptors (Lipinski definition) is 9. The smallest absolute Gasteiger partial charge is 0.337 e. The van der Waals surface area contributed by atoms with Gasteiger partial charge >= 0.3 is 17.9 Å². The zero-order valence-electron chi connectivity index (χ0n) is 29.0. The summed E-state index contributed by atoms with van der Waals surface area (Å²) < 4.78 is 22.4. The number of carbonyl (C=O) groups excluding carboxylic acids is 5. The van der Waals surface area contributed by atoms with Crippen molar-refractivity contribution >= 4 is 57.3 Å². The van der Waals surface area contributed by atoms with Gasteiger partial charge in [0.1, 0.15) is 17.2 Å². The van der Waals surface area contributed by atoms with Gasteiger partial charge in [-0.05, 0) is 136 Å². The Morgan fingerprint density at radius 2 is 1.27 bits per heavy atom. The van der Waals surface area contributed by atoms with Crippen LogP contribution in [0.4, 0.5) is 5.69 Å². The number of methoxy groups -OCH3 is 2. The number of halogens is 1. The summed E-state index contributed by atoms with van der Waals surface area (Å²) in [4.78, 5) is 65.6. The maximum absolute atomic E-state index is 13.3. The Kier molecular flexibility index (Phi) is 12.8. The molecule has 0 heterocycles. The van der Waals surface area contributed by atoms with Gasteiger partial charge in [-0.3, -0.25) is 19.2 Å². The first-order valence-electron chi connectivity index (χ1n) is 16.8. The molecule has 52 heavy (non-hydrogen) atoms. The highest BCUT2D eigenvalue weighted by Crippen LogP contribution is 2.33. The number of rotatable bonds is 12. The number of allylic oxidation sites excluding steroid dienone is 1. The third-order valence-electron chi connectivity index (χ3n) is 8.85. The number of nitrogens with zero attached hydrogens (tertiary/aromatic N) is 1. The first-order valence-corrected chi connectivity index (χ1v) is 17.6. The lowest BCUT2D eigenvalue weighted by molar-refractivity contribution is -0.145. The molecule has 10 nitrogen and oxygen atoms in total. The number of carbonyl (C=O) groups is 5. The Bertz CT molecular complexity index is 1950. The zero-order chi connectivity index (χ0) is 37.2. The van der Waals surface area contributed by atoms with Gasteiger partial charge in [-0.1, -0.05) is 15.9 Å². The van der Waals surface area contributed by atoms with Crippen molar-refractivity contribution in [2.75, 3.05) is 25.7 Å². The molecular weight excluding hydrogens is 730 g/mol. The van der Waals surface area contributed by atoms with Crippen molar-refractivity contribution in [2.24, 2.45) is 11.8 Å². The van der Waals surface area contributed by atoms with Gasteiger partial charge in [-0.15, -0.1) is 0 Å². The van der Waals surface area contributed by atoms with E-state index in [0.717, 1.165) is 4.47 Å². The first kappa shape index (κ1) is 37.7. The SMILES string of the molecule is CCN(C(=O)c1ccc(OC(=O)C2CCC(C(=O)Oc3ccc(OC)cc3/C=C/C(=O)c3ccc(Br)cc3)CC2)cc1)c1ccc(C(=O)OC)cc1. The molecule has 1 saturated carbocycles. The van der Waals surface area contributed by atoms with E-state index in [2.05, 4.69) is 15.9 Å². The van der Waals surface area contributed by atoms with Crippen LogP contribution >= 0.6 is 15.9 Å². The first-order chi connectivity index (χ1) is 25.1. The summed E-state index contributed by atoms with van der Waals surface area (Å²) >= 11 is 3.36. The van der Waals surface area contributed by atoms with Crippen LogP contribution < -0.4 is 19.1 Å². The number of hydrogen-bond donors (Lipinski definition) is 0. The third kappa shape index (κ3) is 9.41. The largest absolute Gasteiger partial charge is 0.497 e. The molecule has 0 atom stereocenters. The van der Waals surface area contributed by atoms with Crippen molar-refractivity contribution in [2.45, 2.75) is 32.6 Å². The van der Waals surface area contributed by atoms with E-state index in [0.29, 0.717) is 77.4 Å². The van der Waals surface area contributed by atoms with Crippen LogP contribution in [0.3, 0.4) is 0 Å². The summed E-state index contributed by atoms with van der Waals surface area (Å²) in [5.41, 5.74) is 2.45. The van der Waals surface area contributed by atoms with Gasteiger partial charge in [0.25, 0.3) is 5.91 Å². The number of amides is 1. The maximum atomic E-state index is 13.3. The van der Waals surface area contributed by atoms with E-state index in [-0.39, 0.29) is 11.7 Å². The standard InChI is InChI=1S/C41H38BrNO9/c1-4-43(33-18-11-28(12-19-33)39(46)50-3)38(45)27-13-20-34(21-14-27)51-40(47)29-5-7-30(8-6-29)41(48)52-37-24-22-35(49-2)25-31(37)15-23-36(44)26-9-16-32(42)17-10-26/h9-25,29-30H,4-8H2,1-3H3/b23-15+. The number of benzene rings is 4. The summed E-state index contributed by atoms with van der Waals surface area (Å²) in [6.07, 6.45) is 4.81. The molecule has 0 saturated heterocycles. The topological polar surface area (TPSA) is 126 Å². The molecule has 0 bridgehead atoms. The molecule has 268 valence electrons. The predicted octanol–water partition coefficient (Wildman–Crippen LogP) is 8.12. The van der Waals surface area contributed by atoms with Gasteiger partial charge in [0.15, 0.2) is 5.78 Å². The van der Waals surface area contributed by atoms with Crippen LogP contribution in [0.1, 0.15) is 69.2 Å². The van der Waals surface area contributed by atoms with Crippen molar-refractivity contribution in [1.82, 2.24) is 0 Å². The van der Waals surface area contributed by atoms with Gasteiger partial charge in [-0.2, -0.15) is 0 Å².